The number of alkyl halides is 6. The van der Waals surface area contributed by atoms with Crippen molar-refractivity contribution in [3.63, 3.8) is 0 Å². The monoisotopic (exact) mass is 875 g/mol. The molecular weight excluding hydrogens is 837 g/mol. The summed E-state index contributed by atoms with van der Waals surface area (Å²) in [7, 11) is 0. The molecule has 2 aliphatic rings. The van der Waals surface area contributed by atoms with Crippen LogP contribution in [0.5, 0.6) is 5.75 Å². The number of thioether (sulfide) groups is 1. The van der Waals surface area contributed by atoms with Crippen LogP contribution in [-0.4, -0.2) is 107 Å². The van der Waals surface area contributed by atoms with E-state index < -0.39 is 46.6 Å². The number of aromatic amines is 1. The molecule has 21 heteroatoms. The van der Waals surface area contributed by atoms with Crippen molar-refractivity contribution in [1.29, 1.82) is 0 Å². The van der Waals surface area contributed by atoms with Gasteiger partial charge in [-0.15, -0.1) is 23.1 Å². The van der Waals surface area contributed by atoms with E-state index >= 15 is 0 Å². The van der Waals surface area contributed by atoms with Gasteiger partial charge in [0.15, 0.2) is 5.75 Å². The van der Waals surface area contributed by atoms with Crippen molar-refractivity contribution in [3.8, 4) is 5.75 Å². The van der Waals surface area contributed by atoms with E-state index in [0.717, 1.165) is 53.5 Å². The summed E-state index contributed by atoms with van der Waals surface area (Å²) in [5.74, 6) is -5.10. The largest absolute Gasteiger partial charge is 0.491 e. The highest BCUT2D eigenvalue weighted by molar-refractivity contribution is 7.99. The van der Waals surface area contributed by atoms with Crippen molar-refractivity contribution in [1.82, 2.24) is 25.1 Å². The predicted octanol–water partition coefficient (Wildman–Crippen LogP) is 6.67. The number of hydrogen-bond acceptors (Lipinski definition) is 13. The second-order valence-corrected chi connectivity index (χ2v) is 17.2. The fourth-order valence-electron chi connectivity index (χ4n) is 6.66. The molecular formula is C37H39F6N5O7S3. The molecule has 2 fully saturated rings. The molecule has 0 saturated carbocycles. The summed E-state index contributed by atoms with van der Waals surface area (Å²) in [6.45, 7) is 7.78. The lowest BCUT2D eigenvalue weighted by molar-refractivity contribution is -0.205. The second-order valence-electron chi connectivity index (χ2n) is 14.1. The van der Waals surface area contributed by atoms with Gasteiger partial charge in [-0.25, -0.2) is 14.6 Å². The Bertz CT molecular complexity index is 2160. The van der Waals surface area contributed by atoms with E-state index in [1.807, 2.05) is 28.5 Å². The number of esters is 2. The number of aromatic nitrogens is 2. The Morgan fingerprint density at radius 2 is 1.79 bits per heavy atom. The lowest BCUT2D eigenvalue weighted by atomic mass is 9.89. The molecule has 2 aromatic heterocycles. The van der Waals surface area contributed by atoms with E-state index in [1.165, 1.54) is 23.1 Å². The van der Waals surface area contributed by atoms with Crippen LogP contribution in [0.1, 0.15) is 65.3 Å². The van der Waals surface area contributed by atoms with Crippen LogP contribution in [-0.2, 0) is 25.6 Å². The number of H-pyrrole nitrogens is 1. The maximum atomic E-state index is 13.3. The summed E-state index contributed by atoms with van der Waals surface area (Å²) in [4.78, 5) is 59.9. The molecule has 314 valence electrons. The molecule has 2 aliphatic heterocycles. The van der Waals surface area contributed by atoms with Crippen LogP contribution in [0.3, 0.4) is 0 Å². The van der Waals surface area contributed by atoms with Gasteiger partial charge in [0.05, 0.1) is 28.5 Å². The van der Waals surface area contributed by atoms with E-state index in [0.29, 0.717) is 49.0 Å². The first kappa shape index (κ1) is 43.6. The highest BCUT2D eigenvalue weighted by atomic mass is 32.2. The number of morpholine rings is 1. The molecule has 1 spiro atoms. The topological polar surface area (TPSA) is 143 Å². The van der Waals surface area contributed by atoms with Crippen molar-refractivity contribution in [3.05, 3.63) is 73.3 Å². The number of piperidine rings is 1. The molecule has 1 amide bonds. The van der Waals surface area contributed by atoms with Crippen molar-refractivity contribution >= 4 is 62.5 Å². The van der Waals surface area contributed by atoms with Crippen LogP contribution in [0.25, 0.3) is 10.2 Å². The molecule has 0 radical (unpaired) electrons. The number of halogens is 6. The number of carbonyl (C=O) groups excluding carboxylic acids is 3. The van der Waals surface area contributed by atoms with Crippen molar-refractivity contribution in [2.75, 3.05) is 51.6 Å². The van der Waals surface area contributed by atoms with Crippen LogP contribution in [0, 0.1) is 0 Å². The summed E-state index contributed by atoms with van der Waals surface area (Å²) in [5, 5.41) is 5.72. The fraction of sp³-hybridized carbons (Fsp3) is 0.486. The van der Waals surface area contributed by atoms with Gasteiger partial charge in [0.1, 0.15) is 17.3 Å². The van der Waals surface area contributed by atoms with Crippen molar-refractivity contribution < 1.29 is 54.9 Å². The third kappa shape index (κ3) is 10.8. The smallest absolute Gasteiger partial charge is 0.449 e. The first-order valence-corrected chi connectivity index (χ1v) is 20.8. The average Bonchev–Trinajstić information content (AvgIpc) is 3.82. The van der Waals surface area contributed by atoms with Crippen LogP contribution in [0.15, 0.2) is 51.5 Å². The van der Waals surface area contributed by atoms with E-state index in [-0.39, 0.29) is 40.7 Å². The first-order valence-electron chi connectivity index (χ1n) is 18.2. The quantitative estimate of drug-likeness (QED) is 0.0489. The minimum Gasteiger partial charge on any atom is -0.449 e. The predicted molar refractivity (Wildman–Crippen MR) is 204 cm³/mol. The summed E-state index contributed by atoms with van der Waals surface area (Å²) in [6, 6.07) is 9.84. The molecule has 58 heavy (non-hydrogen) atoms. The fourth-order valence-corrected chi connectivity index (χ4v) is 9.27. The molecule has 2 saturated heterocycles. The summed E-state index contributed by atoms with van der Waals surface area (Å²) < 4.78 is 93.5. The Kier molecular flexibility index (Phi) is 13.6. The van der Waals surface area contributed by atoms with E-state index in [1.54, 1.807) is 0 Å². The van der Waals surface area contributed by atoms with Gasteiger partial charge in [0.25, 0.3) is 5.91 Å². The minimum atomic E-state index is -5.36. The van der Waals surface area contributed by atoms with E-state index in [9.17, 15) is 45.5 Å². The zero-order valence-corrected chi connectivity index (χ0v) is 33.6. The van der Waals surface area contributed by atoms with Gasteiger partial charge >= 0.3 is 29.2 Å². The van der Waals surface area contributed by atoms with Gasteiger partial charge in [-0.1, -0.05) is 37.3 Å². The zero-order valence-electron chi connectivity index (χ0n) is 31.2. The number of ether oxygens (including phenoxy) is 3. The molecule has 0 bridgehead atoms. The van der Waals surface area contributed by atoms with Crippen LogP contribution in [0.4, 0.5) is 26.3 Å². The molecule has 4 aromatic rings. The number of carbonyl (C=O) groups is 3. The first-order chi connectivity index (χ1) is 27.4. The number of benzene rings is 2. The summed E-state index contributed by atoms with van der Waals surface area (Å²) >= 11 is 3.42. The van der Waals surface area contributed by atoms with E-state index in [4.69, 9.17) is 9.47 Å². The van der Waals surface area contributed by atoms with Gasteiger partial charge in [-0.3, -0.25) is 14.5 Å². The van der Waals surface area contributed by atoms with Crippen LogP contribution >= 0.6 is 34.4 Å². The zero-order chi connectivity index (χ0) is 41.8. The Balaban J connectivity index is 1.01. The number of nitrogens with one attached hydrogen (secondary N) is 2. The summed E-state index contributed by atoms with van der Waals surface area (Å²) in [6.07, 6.45) is -10.8. The van der Waals surface area contributed by atoms with Crippen LogP contribution < -0.4 is 14.9 Å². The summed E-state index contributed by atoms with van der Waals surface area (Å²) in [5.41, 5.74) is 0.675. The molecule has 2 N–H and O–H groups in total. The number of nitrogens with zero attached hydrogens (tertiary/aromatic N) is 3. The van der Waals surface area contributed by atoms with Crippen molar-refractivity contribution in [2.45, 2.75) is 68.1 Å². The standard InChI is InChI=1S/C37H39F6N5O7S3/c1-21(2)30-45-25(19-57-30)31(49)48-13-14-53-35(20-48)8-11-47(12-9-35)18-22-4-3-5-23(16-22)56-15-10-44-17-27(55-33(51)37(41,42)43)24-6-7-26(54-32(50)36(38,39)40)28-29(24)58-34(52)46-28/h3-7,16,19,21,27,44H,8-15,17-18,20H2,1-2H3,(H,46,52)/t27-/m0/s1. The van der Waals surface area contributed by atoms with Crippen molar-refractivity contribution in [2.24, 2.45) is 0 Å². The number of hydrogen-bond donors (Lipinski definition) is 2. The Labute approximate surface area is 340 Å². The second kappa shape index (κ2) is 18.1. The number of thiazole rings is 2. The average molecular weight is 876 g/mol. The highest BCUT2D eigenvalue weighted by Crippen LogP contribution is 2.36. The molecule has 0 aliphatic carbocycles. The lowest BCUT2D eigenvalue weighted by Crippen LogP contribution is -2.58. The van der Waals surface area contributed by atoms with Gasteiger partial charge in [0, 0.05) is 66.8 Å². The number of likely N-dealkylation sites (tertiary alicyclic amines) is 1. The molecule has 12 nitrogen and oxygen atoms in total. The van der Waals surface area contributed by atoms with Gasteiger partial charge in [0.2, 0.25) is 0 Å². The van der Waals surface area contributed by atoms with E-state index in [2.05, 4.69) is 44.8 Å². The van der Waals surface area contributed by atoms with Crippen LogP contribution in [0.2, 0.25) is 0 Å². The number of rotatable bonds is 13. The number of fused-ring (bicyclic) bond motifs is 1. The Morgan fingerprint density at radius 3 is 2.48 bits per heavy atom. The maximum Gasteiger partial charge on any atom is 0.491 e. The lowest BCUT2D eigenvalue weighted by Gasteiger charge is -2.47. The molecule has 6 rings (SSSR count). The Morgan fingerprint density at radius 1 is 1.05 bits per heavy atom. The third-order valence-corrected chi connectivity index (χ3v) is 12.6. The van der Waals surface area contributed by atoms with Gasteiger partial charge in [-0.2, -0.15) is 26.3 Å². The minimum absolute atomic E-state index is 0.0640. The molecule has 2 aromatic carbocycles. The van der Waals surface area contributed by atoms with Gasteiger partial charge < -0.3 is 29.4 Å². The molecule has 0 unspecified atom stereocenters. The normalized spacial score (nSPS) is 16.9. The highest BCUT2D eigenvalue weighted by Gasteiger charge is 2.44. The van der Waals surface area contributed by atoms with Gasteiger partial charge in [-0.05, 0) is 42.7 Å². The third-order valence-electron chi connectivity index (χ3n) is 9.55. The molecule has 1 atom stereocenters. The Hall–Kier alpha value is -4.02. The molecule has 4 heterocycles. The number of amides is 1. The maximum absolute atomic E-state index is 13.3. The SMILES string of the molecule is CC(C)c1nc(C(=O)N2CCOC3(CCN(Cc4cccc(SCCNC[C@H](OC(=O)C(F)(F)F)c5ccc(OC(=O)C(F)(F)F)c6[nH]c(=O)sc56)c4)CC3)C2)cs1.